The van der Waals surface area contributed by atoms with Crippen molar-refractivity contribution in [2.45, 2.75) is 78.7 Å². The first-order valence-corrected chi connectivity index (χ1v) is 16.0. The van der Waals surface area contributed by atoms with Crippen molar-refractivity contribution in [3.05, 3.63) is 64.3 Å². The van der Waals surface area contributed by atoms with Gasteiger partial charge in [-0.25, -0.2) is 4.79 Å². The Balaban J connectivity index is 0.000000337. The number of hydrogen-bond acceptors (Lipinski definition) is 6. The van der Waals surface area contributed by atoms with Crippen molar-refractivity contribution in [2.24, 2.45) is 10.9 Å². The number of nitrogens with zero attached hydrogens (tertiary/aromatic N) is 2. The number of likely N-dealkylation sites (tertiary alicyclic amines) is 1. The molecule has 0 N–H and O–H groups in total. The van der Waals surface area contributed by atoms with Gasteiger partial charge in [-0.05, 0) is 93.7 Å². The van der Waals surface area contributed by atoms with Crippen LogP contribution in [-0.4, -0.2) is 56.7 Å². The average Bonchev–Trinajstić information content (AvgIpc) is 2.95. The number of benzene rings is 1. The van der Waals surface area contributed by atoms with Crippen LogP contribution in [-0.2, 0) is 19.0 Å². The molecule has 0 aromatic heterocycles. The molecular weight excluding hydrogens is 548 g/mol. The van der Waals surface area contributed by atoms with Gasteiger partial charge in [-0.15, -0.1) is 0 Å². The van der Waals surface area contributed by atoms with Crippen molar-refractivity contribution in [1.29, 1.82) is 0 Å². The van der Waals surface area contributed by atoms with Crippen LogP contribution in [0, 0.1) is 5.92 Å². The SMILES string of the molecule is C=CN=C1/C(=C\C)C(CCCOS(C)(=O)=O)=Cc2cc(Cl)ccc2C1C.CC1CCN(C(=O)OC(C)(C)C)CC1. The number of piperidine rings is 1. The number of carbonyl (C=O) groups is 1. The lowest BCUT2D eigenvalue weighted by Gasteiger charge is -2.32. The Kier molecular flexibility index (Phi) is 12.7. The molecule has 0 saturated carbocycles. The highest BCUT2D eigenvalue weighted by Crippen LogP contribution is 2.36. The smallest absolute Gasteiger partial charge is 0.410 e. The molecule has 1 aromatic carbocycles. The molecule has 1 heterocycles. The van der Waals surface area contributed by atoms with Gasteiger partial charge in [0.1, 0.15) is 5.60 Å². The Morgan fingerprint density at radius 1 is 1.23 bits per heavy atom. The normalized spacial score (nSPS) is 20.2. The van der Waals surface area contributed by atoms with Crippen LogP contribution in [0.5, 0.6) is 0 Å². The van der Waals surface area contributed by atoms with E-state index in [0.29, 0.717) is 17.9 Å². The second-order valence-corrected chi connectivity index (χ2v) is 13.4. The molecule has 1 aliphatic heterocycles. The summed E-state index contributed by atoms with van der Waals surface area (Å²) in [5, 5.41) is 0.679. The quantitative estimate of drug-likeness (QED) is 0.249. The molecule has 1 aromatic rings. The summed E-state index contributed by atoms with van der Waals surface area (Å²) in [5.74, 6) is 0.834. The summed E-state index contributed by atoms with van der Waals surface area (Å²) >= 11 is 6.19. The molecule has 9 heteroatoms. The lowest BCUT2D eigenvalue weighted by molar-refractivity contribution is 0.0190. The molecule has 1 fully saturated rings. The number of hydrogen-bond donors (Lipinski definition) is 0. The molecule has 0 spiro atoms. The maximum absolute atomic E-state index is 11.6. The van der Waals surface area contributed by atoms with E-state index in [9.17, 15) is 13.2 Å². The summed E-state index contributed by atoms with van der Waals surface area (Å²) in [6, 6.07) is 5.86. The molecule has 3 rings (SSSR count). The minimum atomic E-state index is -3.42. The van der Waals surface area contributed by atoms with Crippen LogP contribution in [0.3, 0.4) is 0 Å². The van der Waals surface area contributed by atoms with E-state index < -0.39 is 10.1 Å². The van der Waals surface area contributed by atoms with E-state index in [1.54, 1.807) is 6.20 Å². The van der Waals surface area contributed by atoms with Crippen molar-refractivity contribution in [1.82, 2.24) is 4.90 Å². The first-order valence-electron chi connectivity index (χ1n) is 13.8. The minimum absolute atomic E-state index is 0.0903. The second-order valence-electron chi connectivity index (χ2n) is 11.3. The summed E-state index contributed by atoms with van der Waals surface area (Å²) in [6.45, 7) is 17.6. The number of carbonyl (C=O) groups excluding carboxylic acids is 1. The standard InChI is InChI=1S/C20H24ClNO3S.C11H21NO2/c1-5-18-15(8-7-11-25-26(4,23)24)12-16-13-17(21)9-10-19(16)14(3)20(18)22-6-2;1-9-5-7-12(8-6-9)10(13)14-11(2,3)4/h5-6,9-10,12-14H,2,7-8,11H2,1,3-4H3;9H,5-8H2,1-4H3/b18-5-,22-20?;. The van der Waals surface area contributed by atoms with Gasteiger partial charge in [0.2, 0.25) is 0 Å². The van der Waals surface area contributed by atoms with Crippen LogP contribution in [0.1, 0.15) is 84.3 Å². The van der Waals surface area contributed by atoms with Crippen molar-refractivity contribution >= 4 is 39.6 Å². The molecule has 1 unspecified atom stereocenters. The third-order valence-electron chi connectivity index (χ3n) is 6.72. The molecule has 222 valence electrons. The fourth-order valence-corrected chi connectivity index (χ4v) is 5.29. The van der Waals surface area contributed by atoms with Gasteiger partial charge in [-0.3, -0.25) is 9.18 Å². The van der Waals surface area contributed by atoms with Gasteiger partial charge in [0, 0.05) is 30.2 Å². The molecule has 1 atom stereocenters. The average molecular weight is 593 g/mol. The summed E-state index contributed by atoms with van der Waals surface area (Å²) in [5.41, 5.74) is 4.90. The number of allylic oxidation sites excluding steroid dienone is 3. The van der Waals surface area contributed by atoms with Crippen LogP contribution >= 0.6 is 11.6 Å². The monoisotopic (exact) mass is 592 g/mol. The molecule has 1 saturated heterocycles. The van der Waals surface area contributed by atoms with Crippen molar-refractivity contribution in [3.8, 4) is 0 Å². The molecule has 0 radical (unpaired) electrons. The Morgan fingerprint density at radius 2 is 1.88 bits per heavy atom. The van der Waals surface area contributed by atoms with E-state index in [1.807, 2.05) is 56.9 Å². The van der Waals surface area contributed by atoms with Crippen LogP contribution in [0.25, 0.3) is 6.08 Å². The van der Waals surface area contributed by atoms with Crippen LogP contribution in [0.2, 0.25) is 5.02 Å². The molecule has 7 nitrogen and oxygen atoms in total. The third-order valence-corrected chi connectivity index (χ3v) is 7.55. The van der Waals surface area contributed by atoms with Crippen LogP contribution in [0.15, 0.2) is 53.2 Å². The number of amides is 1. The van der Waals surface area contributed by atoms with Gasteiger partial charge in [-0.2, -0.15) is 8.42 Å². The zero-order chi connectivity index (χ0) is 30.1. The number of aliphatic imine (C=N–C) groups is 1. The zero-order valence-corrected chi connectivity index (χ0v) is 26.6. The van der Waals surface area contributed by atoms with E-state index in [1.165, 1.54) is 0 Å². The second kappa shape index (κ2) is 15.0. The van der Waals surface area contributed by atoms with E-state index >= 15 is 0 Å². The zero-order valence-electron chi connectivity index (χ0n) is 25.0. The maximum atomic E-state index is 11.6. The fourth-order valence-electron chi connectivity index (χ4n) is 4.69. The highest BCUT2D eigenvalue weighted by Gasteiger charge is 2.26. The van der Waals surface area contributed by atoms with Gasteiger partial charge >= 0.3 is 6.09 Å². The van der Waals surface area contributed by atoms with E-state index in [2.05, 4.69) is 31.5 Å². The lowest BCUT2D eigenvalue weighted by Crippen LogP contribution is -2.41. The number of fused-ring (bicyclic) bond motifs is 1. The minimum Gasteiger partial charge on any atom is -0.444 e. The number of rotatable bonds is 6. The van der Waals surface area contributed by atoms with Crippen LogP contribution < -0.4 is 0 Å². The lowest BCUT2D eigenvalue weighted by atomic mass is 9.89. The molecule has 40 heavy (non-hydrogen) atoms. The van der Waals surface area contributed by atoms with E-state index in [0.717, 1.165) is 66.1 Å². The summed E-state index contributed by atoms with van der Waals surface area (Å²) in [4.78, 5) is 18.0. The Hall–Kier alpha value is -2.42. The third kappa shape index (κ3) is 10.9. The largest absolute Gasteiger partial charge is 0.444 e. The predicted octanol–water partition coefficient (Wildman–Crippen LogP) is 7.78. The van der Waals surface area contributed by atoms with Gasteiger partial charge in [0.15, 0.2) is 0 Å². The van der Waals surface area contributed by atoms with Crippen molar-refractivity contribution in [3.63, 3.8) is 0 Å². The van der Waals surface area contributed by atoms with Gasteiger partial charge in [0.05, 0.1) is 18.6 Å². The molecule has 0 bridgehead atoms. The van der Waals surface area contributed by atoms with Gasteiger partial charge < -0.3 is 9.64 Å². The van der Waals surface area contributed by atoms with E-state index in [4.69, 9.17) is 20.5 Å². The predicted molar refractivity (Wildman–Crippen MR) is 165 cm³/mol. The highest BCUT2D eigenvalue weighted by molar-refractivity contribution is 7.85. The highest BCUT2D eigenvalue weighted by atomic mass is 35.5. The van der Waals surface area contributed by atoms with Crippen molar-refractivity contribution in [2.75, 3.05) is 26.0 Å². The van der Waals surface area contributed by atoms with Crippen LogP contribution in [0.4, 0.5) is 4.79 Å². The van der Waals surface area contributed by atoms with E-state index in [-0.39, 0.29) is 24.2 Å². The first kappa shape index (κ1) is 33.8. The molecule has 1 amide bonds. The topological polar surface area (TPSA) is 85.3 Å². The molecular formula is C31H45ClN2O5S. The molecule has 2 aliphatic rings. The summed E-state index contributed by atoms with van der Waals surface area (Å²) < 4.78 is 32.5. The summed E-state index contributed by atoms with van der Waals surface area (Å²) in [6.07, 6.45) is 10.0. The maximum Gasteiger partial charge on any atom is 0.410 e. The van der Waals surface area contributed by atoms with Gasteiger partial charge in [-0.1, -0.05) is 50.2 Å². The number of halogens is 1. The fraction of sp³-hybridized carbons (Fsp3) is 0.548. The Morgan fingerprint density at radius 3 is 2.42 bits per heavy atom. The first-order chi connectivity index (χ1) is 18.6. The number of ether oxygens (including phenoxy) is 1. The Labute approximate surface area is 246 Å². The Bertz CT molecular complexity index is 1240. The summed E-state index contributed by atoms with van der Waals surface area (Å²) in [7, 11) is -3.42. The van der Waals surface area contributed by atoms with Gasteiger partial charge in [0.25, 0.3) is 10.1 Å². The van der Waals surface area contributed by atoms with Crippen molar-refractivity contribution < 1.29 is 22.1 Å². The molecule has 1 aliphatic carbocycles.